The molecule has 0 spiro atoms. The number of rotatable bonds is 8. The number of nitrogens with one attached hydrogen (secondary N) is 1. The summed E-state index contributed by atoms with van der Waals surface area (Å²) in [7, 11) is 1.67. The summed E-state index contributed by atoms with van der Waals surface area (Å²) in [6.07, 6.45) is 0. The van der Waals surface area contributed by atoms with Crippen molar-refractivity contribution in [3.05, 3.63) is 76.7 Å². The molecule has 33 heavy (non-hydrogen) atoms. The Morgan fingerprint density at radius 2 is 1.85 bits per heavy atom. The number of aryl methyl sites for hydroxylation is 3. The van der Waals surface area contributed by atoms with Gasteiger partial charge in [0.05, 0.1) is 23.7 Å². The Kier molecular flexibility index (Phi) is 7.16. The van der Waals surface area contributed by atoms with E-state index in [0.717, 1.165) is 23.4 Å². The molecular weight excluding hydrogens is 430 g/mol. The average molecular weight is 462 g/mol. The number of carbonyl (C=O) groups is 1. The number of hydrogen-bond acceptors (Lipinski definition) is 3. The number of para-hydroxylation sites is 1. The van der Waals surface area contributed by atoms with Crippen LogP contribution in [-0.4, -0.2) is 35.8 Å². The van der Waals surface area contributed by atoms with Crippen LogP contribution in [0.2, 0.25) is 0 Å². The van der Waals surface area contributed by atoms with Crippen LogP contribution < -0.4 is 5.32 Å². The third-order valence-electron chi connectivity index (χ3n) is 5.82. The summed E-state index contributed by atoms with van der Waals surface area (Å²) >= 11 is 1.73. The summed E-state index contributed by atoms with van der Waals surface area (Å²) in [5, 5.41) is 6.39. The van der Waals surface area contributed by atoms with Crippen molar-refractivity contribution in [2.24, 2.45) is 0 Å². The lowest BCUT2D eigenvalue weighted by atomic mass is 10.1. The fraction of sp³-hybridized carbons (Fsp3) is 0.296. The minimum atomic E-state index is -0.123. The fourth-order valence-electron chi connectivity index (χ4n) is 4.45. The molecule has 4 aromatic rings. The van der Waals surface area contributed by atoms with Crippen molar-refractivity contribution in [2.75, 3.05) is 25.6 Å². The Bertz CT molecular complexity index is 1220. The number of carbonyl (C=O) groups excluding carboxylic acids is 1. The van der Waals surface area contributed by atoms with Crippen molar-refractivity contribution in [1.82, 2.24) is 9.47 Å². The first-order valence-electron chi connectivity index (χ1n) is 11.3. The van der Waals surface area contributed by atoms with E-state index in [2.05, 4.69) is 64.7 Å². The van der Waals surface area contributed by atoms with Crippen molar-refractivity contribution in [3.8, 4) is 10.6 Å². The molecule has 2 aromatic carbocycles. The normalized spacial score (nSPS) is 11.2. The molecule has 0 unspecified atom stereocenters. The van der Waals surface area contributed by atoms with E-state index in [1.54, 1.807) is 18.4 Å². The van der Waals surface area contributed by atoms with E-state index in [-0.39, 0.29) is 6.03 Å². The molecule has 4 rings (SSSR count). The molecule has 6 heteroatoms. The number of nitrogens with zero attached hydrogens (tertiary/aromatic N) is 2. The average Bonchev–Trinajstić information content (AvgIpc) is 3.41. The number of urea groups is 1. The van der Waals surface area contributed by atoms with Gasteiger partial charge in [-0.3, -0.25) is 0 Å². The summed E-state index contributed by atoms with van der Waals surface area (Å²) in [5.74, 6) is 0. The Morgan fingerprint density at radius 1 is 1.09 bits per heavy atom. The summed E-state index contributed by atoms with van der Waals surface area (Å²) in [6, 6.07) is 18.7. The fourth-order valence-corrected chi connectivity index (χ4v) is 5.26. The molecule has 0 fully saturated rings. The number of methoxy groups -OCH3 is 1. The summed E-state index contributed by atoms with van der Waals surface area (Å²) in [4.78, 5) is 16.5. The molecule has 0 aliphatic rings. The first kappa shape index (κ1) is 23.1. The van der Waals surface area contributed by atoms with Crippen LogP contribution >= 0.6 is 11.3 Å². The molecule has 2 aromatic heterocycles. The van der Waals surface area contributed by atoms with Gasteiger partial charge in [-0.2, -0.15) is 0 Å². The topological polar surface area (TPSA) is 46.5 Å². The van der Waals surface area contributed by atoms with Crippen LogP contribution in [0.3, 0.4) is 0 Å². The van der Waals surface area contributed by atoms with Crippen LogP contribution in [0.15, 0.2) is 60.0 Å². The zero-order valence-electron chi connectivity index (χ0n) is 19.7. The Balaban J connectivity index is 1.74. The minimum absolute atomic E-state index is 0.123. The van der Waals surface area contributed by atoms with Gasteiger partial charge < -0.3 is 19.5 Å². The van der Waals surface area contributed by atoms with Gasteiger partial charge in [0.1, 0.15) is 0 Å². The van der Waals surface area contributed by atoms with E-state index in [0.29, 0.717) is 19.7 Å². The van der Waals surface area contributed by atoms with Crippen molar-refractivity contribution < 1.29 is 9.53 Å². The SMILES string of the molecule is CCn1c(-c2cccs2)c(CN(CCOC)C(=O)Nc2cc(C)cc(C)c2)c2ccccc21. The van der Waals surface area contributed by atoms with Crippen molar-refractivity contribution in [1.29, 1.82) is 0 Å². The molecule has 0 saturated heterocycles. The molecule has 1 N–H and O–H groups in total. The van der Waals surface area contributed by atoms with E-state index in [1.165, 1.54) is 27.0 Å². The maximum absolute atomic E-state index is 13.4. The Labute approximate surface area is 199 Å². The highest BCUT2D eigenvalue weighted by Gasteiger charge is 2.23. The quantitative estimate of drug-likeness (QED) is 0.318. The van der Waals surface area contributed by atoms with Gasteiger partial charge in [0.15, 0.2) is 0 Å². The highest BCUT2D eigenvalue weighted by atomic mass is 32.1. The number of ether oxygens (including phenoxy) is 1. The van der Waals surface area contributed by atoms with Crippen LogP contribution in [0, 0.1) is 13.8 Å². The van der Waals surface area contributed by atoms with Crippen molar-refractivity contribution >= 4 is 34.0 Å². The van der Waals surface area contributed by atoms with E-state index >= 15 is 0 Å². The second-order valence-corrected chi connectivity index (χ2v) is 9.23. The number of amides is 2. The van der Waals surface area contributed by atoms with Crippen molar-refractivity contribution in [2.45, 2.75) is 33.9 Å². The van der Waals surface area contributed by atoms with Crippen LogP contribution in [0.1, 0.15) is 23.6 Å². The number of hydrogen-bond donors (Lipinski definition) is 1. The van der Waals surface area contributed by atoms with Gasteiger partial charge in [-0.15, -0.1) is 11.3 Å². The van der Waals surface area contributed by atoms with Crippen LogP contribution in [0.25, 0.3) is 21.5 Å². The number of thiophene rings is 1. The lowest BCUT2D eigenvalue weighted by Gasteiger charge is -2.24. The molecule has 0 radical (unpaired) electrons. The van der Waals surface area contributed by atoms with Gasteiger partial charge >= 0.3 is 6.03 Å². The lowest BCUT2D eigenvalue weighted by Crippen LogP contribution is -2.37. The van der Waals surface area contributed by atoms with E-state index in [9.17, 15) is 4.79 Å². The lowest BCUT2D eigenvalue weighted by molar-refractivity contribution is 0.153. The molecule has 172 valence electrons. The number of benzene rings is 2. The van der Waals surface area contributed by atoms with E-state index < -0.39 is 0 Å². The smallest absolute Gasteiger partial charge is 0.322 e. The number of aromatic nitrogens is 1. The largest absolute Gasteiger partial charge is 0.383 e. The van der Waals surface area contributed by atoms with Crippen LogP contribution in [0.5, 0.6) is 0 Å². The summed E-state index contributed by atoms with van der Waals surface area (Å²) in [5.41, 5.74) is 6.62. The molecule has 0 aliphatic heterocycles. The van der Waals surface area contributed by atoms with E-state index in [1.807, 2.05) is 30.9 Å². The number of anilines is 1. The maximum atomic E-state index is 13.4. The summed E-state index contributed by atoms with van der Waals surface area (Å²) in [6.45, 7) is 8.59. The Morgan fingerprint density at radius 3 is 2.52 bits per heavy atom. The molecule has 5 nitrogen and oxygen atoms in total. The van der Waals surface area contributed by atoms with Gasteiger partial charge in [-0.1, -0.05) is 30.3 Å². The third-order valence-corrected chi connectivity index (χ3v) is 6.70. The summed E-state index contributed by atoms with van der Waals surface area (Å²) < 4.78 is 7.69. The highest BCUT2D eigenvalue weighted by molar-refractivity contribution is 7.13. The molecule has 2 amide bonds. The maximum Gasteiger partial charge on any atom is 0.322 e. The van der Waals surface area contributed by atoms with Crippen LogP contribution in [0.4, 0.5) is 10.5 Å². The first-order chi connectivity index (χ1) is 16.0. The Hall–Kier alpha value is -3.09. The predicted octanol–water partition coefficient (Wildman–Crippen LogP) is 6.69. The zero-order chi connectivity index (χ0) is 23.4. The minimum Gasteiger partial charge on any atom is -0.383 e. The molecule has 0 saturated carbocycles. The standard InChI is InChI=1S/C27H31N3O2S/c1-5-30-24-10-7-6-9-22(24)23(26(30)25-11-8-14-33-25)18-29(12-13-32-4)27(31)28-21-16-19(2)15-20(3)17-21/h6-11,14-17H,5,12-13,18H2,1-4H3,(H,28,31). The highest BCUT2D eigenvalue weighted by Crippen LogP contribution is 2.37. The molecule has 0 bridgehead atoms. The zero-order valence-corrected chi connectivity index (χ0v) is 20.5. The second-order valence-electron chi connectivity index (χ2n) is 8.29. The van der Waals surface area contributed by atoms with Crippen LogP contribution in [-0.2, 0) is 17.8 Å². The second kappa shape index (κ2) is 10.2. The van der Waals surface area contributed by atoms with E-state index in [4.69, 9.17) is 4.74 Å². The first-order valence-corrected chi connectivity index (χ1v) is 12.2. The molecular formula is C27H31N3O2S. The van der Waals surface area contributed by atoms with Gasteiger partial charge in [0.25, 0.3) is 0 Å². The molecule has 0 aliphatic carbocycles. The number of fused-ring (bicyclic) bond motifs is 1. The third kappa shape index (κ3) is 4.97. The van der Waals surface area contributed by atoms with Crippen molar-refractivity contribution in [3.63, 3.8) is 0 Å². The van der Waals surface area contributed by atoms with Gasteiger partial charge in [-0.25, -0.2) is 4.79 Å². The predicted molar refractivity (Wildman–Crippen MR) is 138 cm³/mol. The molecule has 0 atom stereocenters. The van der Waals surface area contributed by atoms with Gasteiger partial charge in [0.2, 0.25) is 0 Å². The monoisotopic (exact) mass is 461 g/mol. The van der Waals surface area contributed by atoms with Gasteiger partial charge in [0, 0.05) is 42.4 Å². The van der Waals surface area contributed by atoms with Gasteiger partial charge in [-0.05, 0) is 61.5 Å². The molecule has 2 heterocycles.